The van der Waals surface area contributed by atoms with Crippen molar-refractivity contribution in [2.24, 2.45) is 11.3 Å². The van der Waals surface area contributed by atoms with Gasteiger partial charge in [-0.2, -0.15) is 0 Å². The molecule has 0 saturated carbocycles. The van der Waals surface area contributed by atoms with Gasteiger partial charge in [-0.3, -0.25) is 4.90 Å². The average Bonchev–Trinajstić information content (AvgIpc) is 2.15. The van der Waals surface area contributed by atoms with Crippen LogP contribution in [-0.2, 0) is 0 Å². The van der Waals surface area contributed by atoms with Crippen molar-refractivity contribution in [2.75, 3.05) is 19.6 Å². The van der Waals surface area contributed by atoms with Gasteiger partial charge in [0.2, 0.25) is 0 Å². The van der Waals surface area contributed by atoms with E-state index in [4.69, 9.17) is 0 Å². The maximum atomic E-state index is 3.66. The quantitative estimate of drug-likeness (QED) is 0.796. The van der Waals surface area contributed by atoms with Gasteiger partial charge in [-0.05, 0) is 24.7 Å². The normalized spacial score (nSPS) is 26.1. The lowest BCUT2D eigenvalue weighted by atomic mass is 9.85. The highest BCUT2D eigenvalue weighted by molar-refractivity contribution is 4.88. The topological polar surface area (TPSA) is 15.3 Å². The SMILES string of the molecule is CC(C)CC(C)N1CCNC(C(C)(C)C)C1. The van der Waals surface area contributed by atoms with E-state index >= 15 is 0 Å². The number of nitrogens with zero attached hydrogens (tertiary/aromatic N) is 1. The molecule has 2 heteroatoms. The van der Waals surface area contributed by atoms with Gasteiger partial charge in [-0.15, -0.1) is 0 Å². The lowest BCUT2D eigenvalue weighted by molar-refractivity contribution is 0.0954. The molecular formula is C14H30N2. The van der Waals surface area contributed by atoms with E-state index in [9.17, 15) is 0 Å². The van der Waals surface area contributed by atoms with E-state index in [0.29, 0.717) is 11.5 Å². The van der Waals surface area contributed by atoms with Gasteiger partial charge in [-0.1, -0.05) is 34.6 Å². The lowest BCUT2D eigenvalue weighted by Crippen LogP contribution is -2.57. The molecular weight excluding hydrogens is 196 g/mol. The molecule has 2 atom stereocenters. The average molecular weight is 226 g/mol. The van der Waals surface area contributed by atoms with Crippen LogP contribution in [0, 0.1) is 11.3 Å². The molecule has 0 bridgehead atoms. The Bertz CT molecular complexity index is 205. The molecule has 16 heavy (non-hydrogen) atoms. The predicted octanol–water partition coefficient (Wildman–Crippen LogP) is 2.74. The van der Waals surface area contributed by atoms with E-state index in [1.54, 1.807) is 0 Å². The third-order valence-electron chi connectivity index (χ3n) is 3.69. The van der Waals surface area contributed by atoms with Crippen LogP contribution in [-0.4, -0.2) is 36.6 Å². The number of hydrogen-bond acceptors (Lipinski definition) is 2. The molecule has 1 aliphatic rings. The fourth-order valence-corrected chi connectivity index (χ4v) is 2.58. The highest BCUT2D eigenvalue weighted by Crippen LogP contribution is 2.23. The summed E-state index contributed by atoms with van der Waals surface area (Å²) in [6.07, 6.45) is 1.32. The van der Waals surface area contributed by atoms with Crippen LogP contribution in [0.1, 0.15) is 48.0 Å². The molecule has 0 aromatic rings. The van der Waals surface area contributed by atoms with Gasteiger partial charge in [-0.25, -0.2) is 0 Å². The summed E-state index contributed by atoms with van der Waals surface area (Å²) in [5.74, 6) is 0.804. The van der Waals surface area contributed by atoms with Crippen molar-refractivity contribution in [2.45, 2.75) is 60.0 Å². The third-order valence-corrected chi connectivity index (χ3v) is 3.69. The molecule has 0 radical (unpaired) electrons. The van der Waals surface area contributed by atoms with E-state index < -0.39 is 0 Å². The van der Waals surface area contributed by atoms with Gasteiger partial charge in [0.15, 0.2) is 0 Å². The van der Waals surface area contributed by atoms with Crippen molar-refractivity contribution in [1.82, 2.24) is 10.2 Å². The molecule has 1 N–H and O–H groups in total. The van der Waals surface area contributed by atoms with Gasteiger partial charge in [0, 0.05) is 31.7 Å². The molecule has 2 unspecified atom stereocenters. The molecule has 0 aliphatic carbocycles. The Labute approximate surface area is 102 Å². The Morgan fingerprint density at radius 1 is 1.25 bits per heavy atom. The van der Waals surface area contributed by atoms with Crippen LogP contribution in [0.4, 0.5) is 0 Å². The van der Waals surface area contributed by atoms with Crippen molar-refractivity contribution < 1.29 is 0 Å². The molecule has 1 aliphatic heterocycles. The number of hydrogen-bond donors (Lipinski definition) is 1. The van der Waals surface area contributed by atoms with E-state index in [0.717, 1.165) is 18.5 Å². The highest BCUT2D eigenvalue weighted by atomic mass is 15.2. The van der Waals surface area contributed by atoms with E-state index in [2.05, 4.69) is 51.8 Å². The first-order valence-electron chi connectivity index (χ1n) is 6.78. The monoisotopic (exact) mass is 226 g/mol. The van der Waals surface area contributed by atoms with Gasteiger partial charge in [0.25, 0.3) is 0 Å². The maximum Gasteiger partial charge on any atom is 0.0244 e. The van der Waals surface area contributed by atoms with Crippen LogP contribution in [0.2, 0.25) is 0 Å². The summed E-state index contributed by atoms with van der Waals surface area (Å²) < 4.78 is 0. The molecule has 1 fully saturated rings. The standard InChI is InChI=1S/C14H30N2/c1-11(2)9-12(3)16-8-7-15-13(10-16)14(4,5)6/h11-13,15H,7-10H2,1-6H3. The minimum absolute atomic E-state index is 0.371. The summed E-state index contributed by atoms with van der Waals surface area (Å²) in [6, 6.07) is 1.36. The predicted molar refractivity (Wildman–Crippen MR) is 71.7 cm³/mol. The van der Waals surface area contributed by atoms with Crippen LogP contribution >= 0.6 is 0 Å². The van der Waals surface area contributed by atoms with E-state index in [1.165, 1.54) is 19.5 Å². The van der Waals surface area contributed by atoms with E-state index in [-0.39, 0.29) is 0 Å². The zero-order valence-electron chi connectivity index (χ0n) is 12.0. The molecule has 0 aromatic heterocycles. The summed E-state index contributed by atoms with van der Waals surface area (Å²) in [5.41, 5.74) is 0.371. The third kappa shape index (κ3) is 4.06. The van der Waals surface area contributed by atoms with Crippen molar-refractivity contribution in [1.29, 1.82) is 0 Å². The van der Waals surface area contributed by atoms with Gasteiger partial charge >= 0.3 is 0 Å². The Morgan fingerprint density at radius 3 is 2.38 bits per heavy atom. The van der Waals surface area contributed by atoms with Gasteiger partial charge < -0.3 is 5.32 Å². The molecule has 1 rings (SSSR count). The molecule has 0 spiro atoms. The van der Waals surface area contributed by atoms with Gasteiger partial charge in [0.05, 0.1) is 0 Å². The summed E-state index contributed by atoms with van der Waals surface area (Å²) in [7, 11) is 0. The highest BCUT2D eigenvalue weighted by Gasteiger charge is 2.30. The molecule has 0 aromatic carbocycles. The minimum atomic E-state index is 0.371. The fraction of sp³-hybridized carbons (Fsp3) is 1.00. The molecule has 1 heterocycles. The first-order valence-corrected chi connectivity index (χ1v) is 6.78. The van der Waals surface area contributed by atoms with Crippen LogP contribution in [0.3, 0.4) is 0 Å². The smallest absolute Gasteiger partial charge is 0.0244 e. The van der Waals surface area contributed by atoms with Crippen molar-refractivity contribution >= 4 is 0 Å². The summed E-state index contributed by atoms with van der Waals surface area (Å²) in [5, 5.41) is 3.66. The van der Waals surface area contributed by atoms with Crippen LogP contribution in [0.25, 0.3) is 0 Å². The number of piperazine rings is 1. The number of nitrogens with one attached hydrogen (secondary N) is 1. The van der Waals surface area contributed by atoms with Crippen molar-refractivity contribution in [3.63, 3.8) is 0 Å². The van der Waals surface area contributed by atoms with Crippen LogP contribution < -0.4 is 5.32 Å². The molecule has 1 saturated heterocycles. The first-order chi connectivity index (χ1) is 7.30. The van der Waals surface area contributed by atoms with Crippen molar-refractivity contribution in [3.8, 4) is 0 Å². The Hall–Kier alpha value is -0.0800. The Balaban J connectivity index is 2.50. The van der Waals surface area contributed by atoms with E-state index in [1.807, 2.05) is 0 Å². The summed E-state index contributed by atoms with van der Waals surface area (Å²) >= 11 is 0. The Kier molecular flexibility index (Phi) is 4.81. The Morgan fingerprint density at radius 2 is 1.88 bits per heavy atom. The molecule has 0 amide bonds. The maximum absolute atomic E-state index is 3.66. The largest absolute Gasteiger partial charge is 0.311 e. The summed E-state index contributed by atoms with van der Waals surface area (Å²) in [4.78, 5) is 2.66. The molecule has 96 valence electrons. The second-order valence-electron chi connectivity index (χ2n) is 6.85. The molecule has 2 nitrogen and oxygen atoms in total. The number of rotatable bonds is 3. The zero-order chi connectivity index (χ0) is 12.3. The minimum Gasteiger partial charge on any atom is -0.311 e. The summed E-state index contributed by atoms with van der Waals surface area (Å²) in [6.45, 7) is 17.6. The van der Waals surface area contributed by atoms with Gasteiger partial charge in [0.1, 0.15) is 0 Å². The second kappa shape index (κ2) is 5.50. The zero-order valence-corrected chi connectivity index (χ0v) is 12.0. The van der Waals surface area contributed by atoms with Crippen molar-refractivity contribution in [3.05, 3.63) is 0 Å². The van der Waals surface area contributed by atoms with Crippen LogP contribution in [0.15, 0.2) is 0 Å². The van der Waals surface area contributed by atoms with Crippen LogP contribution in [0.5, 0.6) is 0 Å². The fourth-order valence-electron chi connectivity index (χ4n) is 2.58. The first kappa shape index (κ1) is 14.0. The lowest BCUT2D eigenvalue weighted by Gasteiger charge is -2.43. The second-order valence-corrected chi connectivity index (χ2v) is 6.85.